The molecule has 0 heterocycles. The molecule has 1 N–H and O–H groups in total. The molecule has 0 radical (unpaired) electrons. The van der Waals surface area contributed by atoms with Crippen molar-refractivity contribution in [2.45, 2.75) is 56.9 Å². The van der Waals surface area contributed by atoms with Gasteiger partial charge in [-0.15, -0.1) is 0 Å². The van der Waals surface area contributed by atoms with Crippen LogP contribution in [0.2, 0.25) is 0 Å². The van der Waals surface area contributed by atoms with Crippen molar-refractivity contribution in [2.24, 2.45) is 17.8 Å². The van der Waals surface area contributed by atoms with Gasteiger partial charge >= 0.3 is 0 Å². The highest BCUT2D eigenvalue weighted by molar-refractivity contribution is 7.92. The van der Waals surface area contributed by atoms with Gasteiger partial charge < -0.3 is 10.1 Å². The minimum absolute atomic E-state index is 0.0122. The molecule has 1 aromatic carbocycles. The van der Waals surface area contributed by atoms with Crippen LogP contribution in [-0.2, 0) is 14.8 Å². The second kappa shape index (κ2) is 7.82. The first-order chi connectivity index (χ1) is 13.8. The molecule has 29 heavy (non-hydrogen) atoms. The second-order valence-corrected chi connectivity index (χ2v) is 11.3. The predicted molar refractivity (Wildman–Crippen MR) is 113 cm³/mol. The lowest BCUT2D eigenvalue weighted by Crippen LogP contribution is -2.59. The number of carbonyl (C=O) groups is 1. The van der Waals surface area contributed by atoms with Crippen LogP contribution >= 0.6 is 0 Å². The number of anilines is 1. The summed E-state index contributed by atoms with van der Waals surface area (Å²) in [5.41, 5.74) is 0.605. The van der Waals surface area contributed by atoms with Crippen molar-refractivity contribution in [1.29, 1.82) is 0 Å². The number of hydrogen-bond acceptors (Lipinski definition) is 4. The van der Waals surface area contributed by atoms with E-state index in [2.05, 4.69) is 5.32 Å². The number of benzene rings is 1. The zero-order valence-corrected chi connectivity index (χ0v) is 18.2. The fraction of sp³-hybridized carbons (Fsp3) is 0.682. The molecule has 0 aliphatic heterocycles. The average Bonchev–Trinajstić information content (AvgIpc) is 2.63. The van der Waals surface area contributed by atoms with E-state index in [9.17, 15) is 13.2 Å². The predicted octanol–water partition coefficient (Wildman–Crippen LogP) is 3.33. The highest BCUT2D eigenvalue weighted by atomic mass is 32.2. The van der Waals surface area contributed by atoms with Crippen molar-refractivity contribution >= 4 is 21.6 Å². The lowest BCUT2D eigenvalue weighted by Gasteiger charge is -2.56. The van der Waals surface area contributed by atoms with Gasteiger partial charge in [0.2, 0.25) is 15.9 Å². The van der Waals surface area contributed by atoms with Crippen LogP contribution in [0.3, 0.4) is 0 Å². The fourth-order valence-corrected chi connectivity index (χ4v) is 7.21. The Balaban J connectivity index is 1.33. The zero-order chi connectivity index (χ0) is 20.6. The van der Waals surface area contributed by atoms with Crippen LogP contribution in [0.15, 0.2) is 24.3 Å². The monoisotopic (exact) mass is 420 g/mol. The Morgan fingerprint density at radius 3 is 2.14 bits per heavy atom. The van der Waals surface area contributed by atoms with E-state index in [1.54, 1.807) is 31.4 Å². The summed E-state index contributed by atoms with van der Waals surface area (Å²) < 4.78 is 31.0. The highest BCUT2D eigenvalue weighted by Crippen LogP contribution is 2.55. The minimum Gasteiger partial charge on any atom is -0.497 e. The van der Waals surface area contributed by atoms with E-state index in [0.29, 0.717) is 30.8 Å². The van der Waals surface area contributed by atoms with Gasteiger partial charge in [-0.3, -0.25) is 9.10 Å². The number of sulfonamides is 1. The van der Waals surface area contributed by atoms with Gasteiger partial charge in [0.05, 0.1) is 19.1 Å². The summed E-state index contributed by atoms with van der Waals surface area (Å²) in [5.74, 6) is 3.11. The number of methoxy groups -OCH3 is 1. The third-order valence-electron chi connectivity index (χ3n) is 6.97. The van der Waals surface area contributed by atoms with Crippen LogP contribution < -0.4 is 14.4 Å². The van der Waals surface area contributed by atoms with Gasteiger partial charge in [-0.2, -0.15) is 0 Å². The summed E-state index contributed by atoms with van der Waals surface area (Å²) in [4.78, 5) is 12.7. The maximum atomic E-state index is 12.7. The van der Waals surface area contributed by atoms with Gasteiger partial charge in [0, 0.05) is 18.5 Å². The average molecular weight is 421 g/mol. The molecule has 0 aromatic heterocycles. The second-order valence-electron chi connectivity index (χ2n) is 9.38. The van der Waals surface area contributed by atoms with Crippen LogP contribution in [0.25, 0.3) is 0 Å². The molecule has 0 unspecified atom stereocenters. The molecule has 1 aromatic rings. The molecule has 4 saturated carbocycles. The number of hydrogen-bond donors (Lipinski definition) is 1. The molecule has 5 rings (SSSR count). The third-order valence-corrected chi connectivity index (χ3v) is 8.16. The molecular formula is C22H32N2O4S. The van der Waals surface area contributed by atoms with Crippen LogP contribution in [0.5, 0.6) is 5.75 Å². The number of ether oxygens (including phenoxy) is 1. The molecule has 4 fully saturated rings. The maximum absolute atomic E-state index is 12.7. The lowest BCUT2D eigenvalue weighted by molar-refractivity contribution is -0.126. The molecule has 0 spiro atoms. The number of amides is 1. The molecule has 1 amide bonds. The lowest BCUT2D eigenvalue weighted by atomic mass is 9.53. The van der Waals surface area contributed by atoms with E-state index >= 15 is 0 Å². The largest absolute Gasteiger partial charge is 0.497 e. The summed E-state index contributed by atoms with van der Waals surface area (Å²) >= 11 is 0. The SMILES string of the molecule is COc1ccc(N(CCCC(=O)NC23CC4CC(CC(C4)C2)C3)S(C)(=O)=O)cc1. The zero-order valence-electron chi connectivity index (χ0n) is 17.4. The van der Waals surface area contributed by atoms with E-state index in [-0.39, 0.29) is 11.4 Å². The number of carbonyl (C=O) groups excluding carboxylic acids is 1. The van der Waals surface area contributed by atoms with Crippen LogP contribution in [0.4, 0.5) is 5.69 Å². The third kappa shape index (κ3) is 4.55. The Kier molecular flexibility index (Phi) is 5.53. The summed E-state index contributed by atoms with van der Waals surface area (Å²) in [6.45, 7) is 0.291. The molecule has 0 atom stereocenters. The molecule has 6 nitrogen and oxygen atoms in total. The summed E-state index contributed by atoms with van der Waals surface area (Å²) in [6, 6.07) is 6.95. The van der Waals surface area contributed by atoms with E-state index in [1.165, 1.54) is 29.8 Å². The number of rotatable bonds is 8. The van der Waals surface area contributed by atoms with Crippen molar-refractivity contribution in [3.8, 4) is 5.75 Å². The fourth-order valence-electron chi connectivity index (χ4n) is 6.24. The van der Waals surface area contributed by atoms with Gasteiger partial charge in [-0.1, -0.05) is 0 Å². The summed E-state index contributed by atoms with van der Waals surface area (Å²) in [6.07, 6.45) is 9.49. The van der Waals surface area contributed by atoms with E-state index < -0.39 is 10.0 Å². The van der Waals surface area contributed by atoms with E-state index in [0.717, 1.165) is 37.0 Å². The molecule has 4 aliphatic carbocycles. The Bertz CT molecular complexity index is 815. The summed E-state index contributed by atoms with van der Waals surface area (Å²) in [7, 11) is -1.84. The normalized spacial score (nSPS) is 30.2. The van der Waals surface area contributed by atoms with Crippen LogP contribution in [0, 0.1) is 17.8 Å². The Labute approximate surface area is 174 Å². The first-order valence-electron chi connectivity index (χ1n) is 10.7. The quantitative estimate of drug-likeness (QED) is 0.700. The van der Waals surface area contributed by atoms with Gasteiger partial charge in [-0.05, 0) is 87.0 Å². The molecule has 0 saturated heterocycles. The maximum Gasteiger partial charge on any atom is 0.232 e. The van der Waals surface area contributed by atoms with Gasteiger partial charge in [0.15, 0.2) is 0 Å². The Hall–Kier alpha value is -1.76. The highest BCUT2D eigenvalue weighted by Gasteiger charge is 2.51. The van der Waals surface area contributed by atoms with Gasteiger partial charge in [0.25, 0.3) is 0 Å². The van der Waals surface area contributed by atoms with Crippen molar-refractivity contribution in [3.05, 3.63) is 24.3 Å². The Morgan fingerprint density at radius 1 is 1.10 bits per heavy atom. The van der Waals surface area contributed by atoms with Crippen molar-refractivity contribution in [1.82, 2.24) is 5.32 Å². The number of nitrogens with zero attached hydrogens (tertiary/aromatic N) is 1. The molecular weight excluding hydrogens is 388 g/mol. The van der Waals surface area contributed by atoms with Crippen molar-refractivity contribution < 1.29 is 17.9 Å². The van der Waals surface area contributed by atoms with Crippen molar-refractivity contribution in [2.75, 3.05) is 24.2 Å². The minimum atomic E-state index is -3.42. The summed E-state index contributed by atoms with van der Waals surface area (Å²) in [5, 5.41) is 3.37. The van der Waals surface area contributed by atoms with Crippen LogP contribution in [0.1, 0.15) is 51.4 Å². The smallest absolute Gasteiger partial charge is 0.232 e. The van der Waals surface area contributed by atoms with Crippen molar-refractivity contribution in [3.63, 3.8) is 0 Å². The van der Waals surface area contributed by atoms with E-state index in [1.807, 2.05) is 0 Å². The van der Waals surface area contributed by atoms with Gasteiger partial charge in [0.1, 0.15) is 5.75 Å². The molecule has 7 heteroatoms. The first-order valence-corrected chi connectivity index (χ1v) is 12.5. The van der Waals surface area contributed by atoms with Crippen LogP contribution in [-0.4, -0.2) is 39.8 Å². The Morgan fingerprint density at radius 2 is 1.66 bits per heavy atom. The molecule has 4 bridgehead atoms. The van der Waals surface area contributed by atoms with Gasteiger partial charge in [-0.25, -0.2) is 8.42 Å². The molecule has 4 aliphatic rings. The topological polar surface area (TPSA) is 75.7 Å². The first kappa shape index (κ1) is 20.5. The molecule has 160 valence electrons. The standard InChI is InChI=1S/C22H32N2O4S/c1-28-20-7-5-19(6-8-20)24(29(2,26)27)9-3-4-21(25)23-22-13-16-10-17(14-22)12-18(11-16)15-22/h5-8,16-18H,3-4,9-15H2,1-2H3,(H,23,25). The van der Waals surface area contributed by atoms with E-state index in [4.69, 9.17) is 4.74 Å². The number of nitrogens with one attached hydrogen (secondary N) is 1.